The monoisotopic (exact) mass is 287 g/mol. The highest BCUT2D eigenvalue weighted by molar-refractivity contribution is 5.89. The first-order valence-electron chi connectivity index (χ1n) is 6.38. The molecule has 3 N–H and O–H groups in total. The van der Waals surface area contributed by atoms with Gasteiger partial charge in [0.15, 0.2) is 0 Å². The number of rotatable bonds is 3. The van der Waals surface area contributed by atoms with Crippen LogP contribution >= 0.6 is 0 Å². The molecule has 1 aliphatic rings. The molecule has 0 spiro atoms. The van der Waals surface area contributed by atoms with Crippen LogP contribution < -0.4 is 16.0 Å². The van der Waals surface area contributed by atoms with Gasteiger partial charge in [-0.05, 0) is 43.6 Å². The van der Waals surface area contributed by atoms with E-state index in [0.717, 1.165) is 31.6 Å². The fourth-order valence-electron chi connectivity index (χ4n) is 2.07. The molecule has 110 valence electrons. The number of hydrogen-bond acceptors (Lipinski definition) is 2. The van der Waals surface area contributed by atoms with Gasteiger partial charge in [0.25, 0.3) is 0 Å². The first kappa shape index (κ1) is 14.6. The van der Waals surface area contributed by atoms with Gasteiger partial charge in [-0.15, -0.1) is 0 Å². The minimum Gasteiger partial charge on any atom is -0.338 e. The lowest BCUT2D eigenvalue weighted by atomic mass is 10.1. The minimum atomic E-state index is -4.41. The number of benzene rings is 1. The van der Waals surface area contributed by atoms with Gasteiger partial charge in [-0.1, -0.05) is 6.07 Å². The van der Waals surface area contributed by atoms with Gasteiger partial charge in [0.1, 0.15) is 0 Å². The second-order valence-corrected chi connectivity index (χ2v) is 4.77. The normalized spacial score (nSPS) is 18.9. The summed E-state index contributed by atoms with van der Waals surface area (Å²) in [6.45, 7) is 2.29. The zero-order chi connectivity index (χ0) is 14.6. The Labute approximate surface area is 114 Å². The van der Waals surface area contributed by atoms with Crippen LogP contribution in [0.1, 0.15) is 12.0 Å². The molecular formula is C13H16F3N3O. The largest absolute Gasteiger partial charge is 0.416 e. The summed E-state index contributed by atoms with van der Waals surface area (Å²) in [6, 6.07) is 4.08. The maximum atomic E-state index is 12.5. The van der Waals surface area contributed by atoms with Crippen molar-refractivity contribution < 1.29 is 18.0 Å². The number of alkyl halides is 3. The summed E-state index contributed by atoms with van der Waals surface area (Å²) in [5.74, 6) is 0.377. The molecule has 2 rings (SSSR count). The Morgan fingerprint density at radius 1 is 1.40 bits per heavy atom. The van der Waals surface area contributed by atoms with Crippen molar-refractivity contribution >= 4 is 11.7 Å². The number of anilines is 1. The van der Waals surface area contributed by atoms with Crippen LogP contribution in [0.4, 0.5) is 23.7 Å². The van der Waals surface area contributed by atoms with Gasteiger partial charge in [0.2, 0.25) is 0 Å². The van der Waals surface area contributed by atoms with E-state index in [2.05, 4.69) is 16.0 Å². The standard InChI is InChI=1S/C13H16F3N3O/c14-13(15,16)10-2-1-3-11(6-10)19-12(20)18-8-9-4-5-17-7-9/h1-3,6,9,17H,4-5,7-8H2,(H2,18,19,20). The van der Waals surface area contributed by atoms with Crippen molar-refractivity contribution in [3.63, 3.8) is 0 Å². The molecule has 0 aromatic heterocycles. The summed E-state index contributed by atoms with van der Waals surface area (Å²) < 4.78 is 37.6. The minimum absolute atomic E-state index is 0.127. The molecule has 4 nitrogen and oxygen atoms in total. The van der Waals surface area contributed by atoms with E-state index in [1.807, 2.05) is 0 Å². The van der Waals surface area contributed by atoms with Gasteiger partial charge in [-0.2, -0.15) is 13.2 Å². The van der Waals surface area contributed by atoms with Crippen LogP contribution in [-0.2, 0) is 6.18 Å². The topological polar surface area (TPSA) is 53.2 Å². The van der Waals surface area contributed by atoms with E-state index in [1.165, 1.54) is 12.1 Å². The number of hydrogen-bond donors (Lipinski definition) is 3. The first-order valence-corrected chi connectivity index (χ1v) is 6.38. The third-order valence-corrected chi connectivity index (χ3v) is 3.16. The summed E-state index contributed by atoms with van der Waals surface area (Å²) in [5, 5.41) is 8.24. The van der Waals surface area contributed by atoms with Gasteiger partial charge in [0, 0.05) is 12.2 Å². The van der Waals surface area contributed by atoms with Crippen LogP contribution in [0.2, 0.25) is 0 Å². The predicted octanol–water partition coefficient (Wildman–Crippen LogP) is 2.44. The predicted molar refractivity (Wildman–Crippen MR) is 69.4 cm³/mol. The highest BCUT2D eigenvalue weighted by Crippen LogP contribution is 2.30. The van der Waals surface area contributed by atoms with Crippen molar-refractivity contribution in [3.8, 4) is 0 Å². The fraction of sp³-hybridized carbons (Fsp3) is 0.462. The highest BCUT2D eigenvalue weighted by Gasteiger charge is 2.30. The van der Waals surface area contributed by atoms with E-state index in [9.17, 15) is 18.0 Å². The Bertz CT molecular complexity index is 470. The molecule has 0 bridgehead atoms. The lowest BCUT2D eigenvalue weighted by Crippen LogP contribution is -2.33. The van der Waals surface area contributed by atoms with Crippen molar-refractivity contribution in [1.29, 1.82) is 0 Å². The molecule has 1 aliphatic heterocycles. The highest BCUT2D eigenvalue weighted by atomic mass is 19.4. The molecule has 0 aliphatic carbocycles. The fourth-order valence-corrected chi connectivity index (χ4v) is 2.07. The maximum Gasteiger partial charge on any atom is 0.416 e. The summed E-state index contributed by atoms with van der Waals surface area (Å²) in [6.07, 6.45) is -3.42. The van der Waals surface area contributed by atoms with Crippen molar-refractivity contribution in [2.75, 3.05) is 25.0 Å². The van der Waals surface area contributed by atoms with Crippen molar-refractivity contribution in [3.05, 3.63) is 29.8 Å². The van der Waals surface area contributed by atoms with Crippen molar-refractivity contribution in [2.45, 2.75) is 12.6 Å². The Kier molecular flexibility index (Phi) is 4.49. The van der Waals surface area contributed by atoms with E-state index >= 15 is 0 Å². The Balaban J connectivity index is 1.87. The molecule has 1 saturated heterocycles. The SMILES string of the molecule is O=C(NCC1CCNC1)Nc1cccc(C(F)(F)F)c1. The first-order chi connectivity index (χ1) is 9.45. The van der Waals surface area contributed by atoms with Crippen molar-refractivity contribution in [2.24, 2.45) is 5.92 Å². The molecule has 2 amide bonds. The summed E-state index contributed by atoms with van der Waals surface area (Å²) in [5.41, 5.74) is -0.655. The van der Waals surface area contributed by atoms with Crippen LogP contribution in [-0.4, -0.2) is 25.7 Å². The number of urea groups is 1. The Morgan fingerprint density at radius 2 is 2.20 bits per heavy atom. The van der Waals surface area contributed by atoms with E-state index < -0.39 is 17.8 Å². The van der Waals surface area contributed by atoms with Gasteiger partial charge in [-0.3, -0.25) is 0 Å². The lowest BCUT2D eigenvalue weighted by molar-refractivity contribution is -0.137. The second kappa shape index (κ2) is 6.13. The van der Waals surface area contributed by atoms with Crippen LogP contribution in [0, 0.1) is 5.92 Å². The van der Waals surface area contributed by atoms with E-state index in [0.29, 0.717) is 12.5 Å². The summed E-state index contributed by atoms with van der Waals surface area (Å²) >= 11 is 0. The van der Waals surface area contributed by atoms with Crippen LogP contribution in [0.5, 0.6) is 0 Å². The van der Waals surface area contributed by atoms with Gasteiger partial charge in [0.05, 0.1) is 5.56 Å². The van der Waals surface area contributed by atoms with Gasteiger partial charge in [-0.25, -0.2) is 4.79 Å². The van der Waals surface area contributed by atoms with E-state index in [-0.39, 0.29) is 5.69 Å². The Morgan fingerprint density at radius 3 is 2.85 bits per heavy atom. The molecule has 20 heavy (non-hydrogen) atoms. The average Bonchev–Trinajstić information content (AvgIpc) is 2.89. The third kappa shape index (κ3) is 4.12. The molecule has 0 radical (unpaired) electrons. The number of carbonyl (C=O) groups is 1. The smallest absolute Gasteiger partial charge is 0.338 e. The molecular weight excluding hydrogens is 271 g/mol. The maximum absolute atomic E-state index is 12.5. The Hall–Kier alpha value is -1.76. The lowest BCUT2D eigenvalue weighted by Gasteiger charge is -2.12. The number of carbonyl (C=O) groups excluding carboxylic acids is 1. The molecule has 1 unspecified atom stereocenters. The average molecular weight is 287 g/mol. The molecule has 1 aromatic carbocycles. The van der Waals surface area contributed by atoms with Gasteiger partial charge < -0.3 is 16.0 Å². The molecule has 7 heteroatoms. The zero-order valence-electron chi connectivity index (χ0n) is 10.8. The van der Waals surface area contributed by atoms with Crippen LogP contribution in [0.3, 0.4) is 0 Å². The molecule has 1 fully saturated rings. The van der Waals surface area contributed by atoms with Gasteiger partial charge >= 0.3 is 12.2 Å². The van der Waals surface area contributed by atoms with E-state index in [1.54, 1.807) is 0 Å². The molecule has 1 atom stereocenters. The quantitative estimate of drug-likeness (QED) is 0.800. The second-order valence-electron chi connectivity index (χ2n) is 4.77. The zero-order valence-corrected chi connectivity index (χ0v) is 10.8. The molecule has 1 aromatic rings. The van der Waals surface area contributed by atoms with Crippen LogP contribution in [0.15, 0.2) is 24.3 Å². The van der Waals surface area contributed by atoms with E-state index in [4.69, 9.17) is 0 Å². The molecule has 1 heterocycles. The summed E-state index contributed by atoms with van der Waals surface area (Å²) in [7, 11) is 0. The third-order valence-electron chi connectivity index (χ3n) is 3.16. The number of amides is 2. The summed E-state index contributed by atoms with van der Waals surface area (Å²) in [4.78, 5) is 11.6. The molecule has 0 saturated carbocycles. The number of nitrogens with one attached hydrogen (secondary N) is 3. The van der Waals surface area contributed by atoms with Crippen LogP contribution in [0.25, 0.3) is 0 Å². The van der Waals surface area contributed by atoms with Crippen molar-refractivity contribution in [1.82, 2.24) is 10.6 Å². The number of halogens is 3.